The van der Waals surface area contributed by atoms with Crippen LogP contribution >= 0.6 is 0 Å². The SMILES string of the molecule is Cc1ccc(NS(=O)(=O)c2cc(C(=O)Nc3ccccc3C(=O)NCCc3ccccc3)ccc2C)c(C)c1. The zero-order valence-corrected chi connectivity index (χ0v) is 22.9. The van der Waals surface area contributed by atoms with Crippen LogP contribution < -0.4 is 15.4 Å². The Hall–Kier alpha value is -4.43. The molecule has 3 N–H and O–H groups in total. The Kier molecular flexibility index (Phi) is 8.46. The summed E-state index contributed by atoms with van der Waals surface area (Å²) in [6.45, 7) is 5.88. The van der Waals surface area contributed by atoms with Crippen LogP contribution in [0, 0.1) is 20.8 Å². The molecule has 7 nitrogen and oxygen atoms in total. The molecule has 39 heavy (non-hydrogen) atoms. The van der Waals surface area contributed by atoms with Crippen molar-refractivity contribution in [3.8, 4) is 0 Å². The summed E-state index contributed by atoms with van der Waals surface area (Å²) < 4.78 is 29.1. The van der Waals surface area contributed by atoms with Crippen molar-refractivity contribution in [2.75, 3.05) is 16.6 Å². The Morgan fingerprint density at radius 3 is 2.18 bits per heavy atom. The first-order chi connectivity index (χ1) is 18.6. The molecular weight excluding hydrogens is 510 g/mol. The first-order valence-electron chi connectivity index (χ1n) is 12.6. The van der Waals surface area contributed by atoms with Crippen molar-refractivity contribution >= 4 is 33.2 Å². The molecule has 4 aromatic carbocycles. The molecule has 0 heterocycles. The molecule has 0 spiro atoms. The predicted molar refractivity (Wildman–Crippen MR) is 155 cm³/mol. The van der Waals surface area contributed by atoms with Gasteiger partial charge in [-0.2, -0.15) is 0 Å². The lowest BCUT2D eigenvalue weighted by Crippen LogP contribution is -2.27. The summed E-state index contributed by atoms with van der Waals surface area (Å²) in [6.07, 6.45) is 0.678. The van der Waals surface area contributed by atoms with Crippen LogP contribution in [0.25, 0.3) is 0 Å². The predicted octanol–water partition coefficient (Wildman–Crippen LogP) is 5.64. The molecule has 0 saturated heterocycles. The minimum Gasteiger partial charge on any atom is -0.352 e. The summed E-state index contributed by atoms with van der Waals surface area (Å²) in [5.41, 5.74) is 4.70. The highest BCUT2D eigenvalue weighted by molar-refractivity contribution is 7.92. The van der Waals surface area contributed by atoms with Gasteiger partial charge in [0.2, 0.25) is 0 Å². The van der Waals surface area contributed by atoms with E-state index in [0.717, 1.165) is 16.7 Å². The molecular formula is C31H31N3O4S. The van der Waals surface area contributed by atoms with E-state index in [1.807, 2.05) is 56.3 Å². The van der Waals surface area contributed by atoms with Crippen LogP contribution in [0.5, 0.6) is 0 Å². The maximum absolute atomic E-state index is 13.2. The zero-order chi connectivity index (χ0) is 28.0. The fourth-order valence-electron chi connectivity index (χ4n) is 4.20. The van der Waals surface area contributed by atoms with E-state index < -0.39 is 15.9 Å². The number of carbonyl (C=O) groups excluding carboxylic acids is 2. The molecule has 8 heteroatoms. The van der Waals surface area contributed by atoms with E-state index in [1.54, 1.807) is 49.4 Å². The van der Waals surface area contributed by atoms with Gasteiger partial charge in [-0.05, 0) is 74.2 Å². The Morgan fingerprint density at radius 2 is 1.44 bits per heavy atom. The zero-order valence-electron chi connectivity index (χ0n) is 22.1. The van der Waals surface area contributed by atoms with Gasteiger partial charge in [0.15, 0.2) is 0 Å². The summed E-state index contributed by atoms with van der Waals surface area (Å²) in [4.78, 5) is 26.0. The van der Waals surface area contributed by atoms with Gasteiger partial charge in [0.05, 0.1) is 21.8 Å². The van der Waals surface area contributed by atoms with E-state index in [2.05, 4.69) is 15.4 Å². The molecule has 0 bridgehead atoms. The van der Waals surface area contributed by atoms with Gasteiger partial charge in [0.25, 0.3) is 21.8 Å². The molecule has 0 saturated carbocycles. The monoisotopic (exact) mass is 541 g/mol. The first kappa shape index (κ1) is 27.6. The summed E-state index contributed by atoms with van der Waals surface area (Å²) in [7, 11) is -3.96. The highest BCUT2D eigenvalue weighted by Crippen LogP contribution is 2.24. The molecule has 0 unspecified atom stereocenters. The Balaban J connectivity index is 1.50. The highest BCUT2D eigenvalue weighted by atomic mass is 32.2. The number of hydrogen-bond donors (Lipinski definition) is 3. The number of amides is 2. The average Bonchev–Trinajstić information content (AvgIpc) is 2.91. The van der Waals surface area contributed by atoms with Crippen molar-refractivity contribution in [1.29, 1.82) is 0 Å². The largest absolute Gasteiger partial charge is 0.352 e. The van der Waals surface area contributed by atoms with Gasteiger partial charge >= 0.3 is 0 Å². The quantitative estimate of drug-likeness (QED) is 0.255. The molecule has 0 aromatic heterocycles. The second kappa shape index (κ2) is 12.0. The third-order valence-electron chi connectivity index (χ3n) is 6.33. The van der Waals surface area contributed by atoms with Crippen LogP contribution in [0.2, 0.25) is 0 Å². The van der Waals surface area contributed by atoms with Crippen molar-refractivity contribution in [3.05, 3.63) is 124 Å². The summed E-state index contributed by atoms with van der Waals surface area (Å²) >= 11 is 0. The van der Waals surface area contributed by atoms with Gasteiger partial charge in [0.1, 0.15) is 0 Å². The average molecular weight is 542 g/mol. The summed E-state index contributed by atoms with van der Waals surface area (Å²) in [6, 6.07) is 26.5. The number of nitrogens with one attached hydrogen (secondary N) is 3. The van der Waals surface area contributed by atoms with Crippen molar-refractivity contribution < 1.29 is 18.0 Å². The van der Waals surface area contributed by atoms with Crippen LogP contribution in [0.4, 0.5) is 11.4 Å². The number of hydrogen-bond acceptors (Lipinski definition) is 4. The van der Waals surface area contributed by atoms with Crippen molar-refractivity contribution in [1.82, 2.24) is 5.32 Å². The van der Waals surface area contributed by atoms with E-state index in [4.69, 9.17) is 0 Å². The van der Waals surface area contributed by atoms with Gasteiger partial charge in [-0.3, -0.25) is 14.3 Å². The van der Waals surface area contributed by atoms with Gasteiger partial charge < -0.3 is 10.6 Å². The van der Waals surface area contributed by atoms with Crippen molar-refractivity contribution in [2.45, 2.75) is 32.1 Å². The van der Waals surface area contributed by atoms with Crippen LogP contribution in [0.3, 0.4) is 0 Å². The second-order valence-electron chi connectivity index (χ2n) is 9.40. The molecule has 0 aliphatic carbocycles. The number of anilines is 2. The van der Waals surface area contributed by atoms with Crippen LogP contribution in [0.15, 0.2) is 95.9 Å². The van der Waals surface area contributed by atoms with Gasteiger partial charge in [-0.25, -0.2) is 8.42 Å². The lowest BCUT2D eigenvalue weighted by Gasteiger charge is -2.15. The molecule has 4 rings (SSSR count). The summed E-state index contributed by atoms with van der Waals surface area (Å²) in [5.74, 6) is -0.839. The number of sulfonamides is 1. The fraction of sp³-hybridized carbons (Fsp3) is 0.161. The molecule has 4 aromatic rings. The first-order valence-corrected chi connectivity index (χ1v) is 14.1. The molecule has 0 aliphatic heterocycles. The van der Waals surface area contributed by atoms with E-state index in [-0.39, 0.29) is 16.4 Å². The van der Waals surface area contributed by atoms with E-state index >= 15 is 0 Å². The third-order valence-corrected chi connectivity index (χ3v) is 7.84. The van der Waals surface area contributed by atoms with Crippen LogP contribution in [0.1, 0.15) is 43.0 Å². The number of aryl methyl sites for hydroxylation is 3. The van der Waals surface area contributed by atoms with Gasteiger partial charge in [-0.15, -0.1) is 0 Å². The van der Waals surface area contributed by atoms with E-state index in [9.17, 15) is 18.0 Å². The number of carbonyl (C=O) groups is 2. The smallest absolute Gasteiger partial charge is 0.262 e. The minimum atomic E-state index is -3.96. The minimum absolute atomic E-state index is 0.00191. The molecule has 200 valence electrons. The standard InChI is InChI=1S/C31H31N3O4S/c1-21-13-16-27(23(3)19-21)34-39(37,38)29-20-25(15-14-22(29)2)30(35)33-28-12-8-7-11-26(28)31(36)32-18-17-24-9-5-4-6-10-24/h4-16,19-20,34H,17-18H2,1-3H3,(H,32,36)(H,33,35). The Labute approximate surface area is 229 Å². The maximum atomic E-state index is 13.2. The molecule has 0 fully saturated rings. The van der Waals surface area contributed by atoms with E-state index in [0.29, 0.717) is 35.5 Å². The van der Waals surface area contributed by atoms with Gasteiger partial charge in [-0.1, -0.05) is 66.2 Å². The third kappa shape index (κ3) is 6.91. The number of benzene rings is 4. The molecule has 0 radical (unpaired) electrons. The molecule has 0 aliphatic rings. The van der Waals surface area contributed by atoms with Gasteiger partial charge in [0, 0.05) is 12.1 Å². The maximum Gasteiger partial charge on any atom is 0.262 e. The van der Waals surface area contributed by atoms with E-state index in [1.165, 1.54) is 6.07 Å². The summed E-state index contributed by atoms with van der Waals surface area (Å²) in [5, 5.41) is 5.65. The normalized spacial score (nSPS) is 11.1. The van der Waals surface area contributed by atoms with Crippen molar-refractivity contribution in [2.24, 2.45) is 0 Å². The van der Waals surface area contributed by atoms with Crippen LogP contribution in [-0.4, -0.2) is 26.8 Å². The number of para-hydroxylation sites is 1. The Morgan fingerprint density at radius 1 is 0.718 bits per heavy atom. The second-order valence-corrected chi connectivity index (χ2v) is 11.0. The lowest BCUT2D eigenvalue weighted by atomic mass is 10.1. The highest BCUT2D eigenvalue weighted by Gasteiger charge is 2.21. The molecule has 0 atom stereocenters. The Bertz CT molecular complexity index is 1620. The lowest BCUT2D eigenvalue weighted by molar-refractivity contribution is 0.0955. The number of rotatable bonds is 9. The fourth-order valence-corrected chi connectivity index (χ4v) is 5.61. The van der Waals surface area contributed by atoms with Crippen LogP contribution in [-0.2, 0) is 16.4 Å². The molecule has 2 amide bonds. The topological polar surface area (TPSA) is 104 Å². The van der Waals surface area contributed by atoms with Crippen molar-refractivity contribution in [3.63, 3.8) is 0 Å².